The third kappa shape index (κ3) is 4.25. The lowest BCUT2D eigenvalue weighted by Crippen LogP contribution is -2.16. The minimum Gasteiger partial charge on any atom is -0.385 e. The Bertz CT molecular complexity index is 662. The van der Waals surface area contributed by atoms with Crippen LogP contribution in [0, 0.1) is 5.82 Å². The molecule has 0 aliphatic rings. The SMILES string of the molecule is COCCCNc1nonc1C(N)=Nc1ccc(F)c(Br)c1. The molecule has 0 bridgehead atoms. The maximum Gasteiger partial charge on any atom is 0.202 e. The number of nitrogens with one attached hydrogen (secondary N) is 1. The number of anilines is 1. The van der Waals surface area contributed by atoms with E-state index in [0.29, 0.717) is 34.8 Å². The maximum absolute atomic E-state index is 13.2. The molecule has 0 spiro atoms. The first kappa shape index (κ1) is 16.4. The van der Waals surface area contributed by atoms with Crippen LogP contribution in [-0.2, 0) is 4.74 Å². The van der Waals surface area contributed by atoms with Gasteiger partial charge in [-0.3, -0.25) is 0 Å². The predicted octanol–water partition coefficient (Wildman–Crippen LogP) is 2.46. The van der Waals surface area contributed by atoms with Crippen LogP contribution in [0.3, 0.4) is 0 Å². The second kappa shape index (κ2) is 7.85. The number of rotatable bonds is 7. The summed E-state index contributed by atoms with van der Waals surface area (Å²) in [4.78, 5) is 4.18. The lowest BCUT2D eigenvalue weighted by molar-refractivity contribution is 0.197. The summed E-state index contributed by atoms with van der Waals surface area (Å²) in [5, 5.41) is 10.5. The third-order valence-electron chi connectivity index (χ3n) is 2.70. The number of ether oxygens (including phenoxy) is 1. The number of aromatic nitrogens is 2. The zero-order chi connectivity index (χ0) is 15.9. The number of halogens is 2. The predicted molar refractivity (Wildman–Crippen MR) is 83.8 cm³/mol. The Morgan fingerprint density at radius 1 is 1.50 bits per heavy atom. The van der Waals surface area contributed by atoms with Gasteiger partial charge in [0.1, 0.15) is 5.82 Å². The Hall–Kier alpha value is -2.00. The average molecular weight is 372 g/mol. The largest absolute Gasteiger partial charge is 0.385 e. The van der Waals surface area contributed by atoms with Crippen molar-refractivity contribution in [3.8, 4) is 0 Å². The third-order valence-corrected chi connectivity index (χ3v) is 3.31. The van der Waals surface area contributed by atoms with Crippen molar-refractivity contribution in [2.75, 3.05) is 25.6 Å². The van der Waals surface area contributed by atoms with Crippen LogP contribution < -0.4 is 11.1 Å². The minimum absolute atomic E-state index is 0.119. The standard InChI is InChI=1S/C13H15BrFN5O2/c1-21-6-2-5-17-13-11(19-22-20-13)12(16)18-8-3-4-10(15)9(14)7-8/h3-4,7H,2,5-6H2,1H3,(H2,16,18)(H,17,20). The molecule has 0 radical (unpaired) electrons. The van der Waals surface area contributed by atoms with E-state index in [0.717, 1.165) is 6.42 Å². The van der Waals surface area contributed by atoms with Crippen molar-refractivity contribution >= 4 is 33.3 Å². The van der Waals surface area contributed by atoms with E-state index in [-0.39, 0.29) is 11.7 Å². The Labute approximate surface area is 134 Å². The van der Waals surface area contributed by atoms with Crippen molar-refractivity contribution in [1.82, 2.24) is 10.3 Å². The molecule has 0 fully saturated rings. The van der Waals surface area contributed by atoms with Crippen LogP contribution in [0.15, 0.2) is 32.3 Å². The fourth-order valence-electron chi connectivity index (χ4n) is 1.64. The second-order valence-corrected chi connectivity index (χ2v) is 5.18. The summed E-state index contributed by atoms with van der Waals surface area (Å²) in [6.45, 7) is 1.26. The van der Waals surface area contributed by atoms with Crippen molar-refractivity contribution in [2.24, 2.45) is 10.7 Å². The maximum atomic E-state index is 13.2. The molecule has 0 aliphatic heterocycles. The van der Waals surface area contributed by atoms with Gasteiger partial charge in [-0.2, -0.15) is 0 Å². The van der Waals surface area contributed by atoms with Gasteiger partial charge in [0, 0.05) is 20.3 Å². The van der Waals surface area contributed by atoms with Gasteiger partial charge in [-0.1, -0.05) is 0 Å². The number of nitrogens with two attached hydrogens (primary N) is 1. The molecule has 0 saturated carbocycles. The van der Waals surface area contributed by atoms with Crippen LogP contribution in [0.4, 0.5) is 15.9 Å². The highest BCUT2D eigenvalue weighted by atomic mass is 79.9. The van der Waals surface area contributed by atoms with Gasteiger partial charge >= 0.3 is 0 Å². The topological polar surface area (TPSA) is 98.6 Å². The summed E-state index contributed by atoms with van der Waals surface area (Å²) in [5.74, 6) is 0.147. The summed E-state index contributed by atoms with van der Waals surface area (Å²) in [6, 6.07) is 4.31. The fourth-order valence-corrected chi connectivity index (χ4v) is 2.01. The number of nitrogens with zero attached hydrogens (tertiary/aromatic N) is 3. The molecule has 1 aromatic carbocycles. The molecule has 0 saturated heterocycles. The van der Waals surface area contributed by atoms with Crippen LogP contribution in [0.2, 0.25) is 0 Å². The highest BCUT2D eigenvalue weighted by Gasteiger charge is 2.13. The molecule has 3 N–H and O–H groups in total. The summed E-state index contributed by atoms with van der Waals surface area (Å²) >= 11 is 3.09. The van der Waals surface area contributed by atoms with E-state index in [1.165, 1.54) is 18.2 Å². The molecular weight excluding hydrogens is 357 g/mol. The van der Waals surface area contributed by atoms with E-state index in [1.807, 2.05) is 0 Å². The quantitative estimate of drug-likeness (QED) is 0.440. The van der Waals surface area contributed by atoms with Gasteiger partial charge in [0.2, 0.25) is 5.82 Å². The summed E-state index contributed by atoms with van der Waals surface area (Å²) < 4.78 is 23.1. The average Bonchev–Trinajstić information content (AvgIpc) is 2.96. The molecule has 1 heterocycles. The first-order valence-electron chi connectivity index (χ1n) is 6.46. The lowest BCUT2D eigenvalue weighted by Gasteiger charge is -2.03. The van der Waals surface area contributed by atoms with Crippen LogP contribution in [0.5, 0.6) is 0 Å². The first-order chi connectivity index (χ1) is 10.6. The zero-order valence-electron chi connectivity index (χ0n) is 11.8. The zero-order valence-corrected chi connectivity index (χ0v) is 13.4. The van der Waals surface area contributed by atoms with Gasteiger partial charge < -0.3 is 15.8 Å². The molecule has 22 heavy (non-hydrogen) atoms. The molecule has 0 amide bonds. The number of amidine groups is 1. The van der Waals surface area contributed by atoms with Crippen molar-refractivity contribution in [1.29, 1.82) is 0 Å². The molecule has 118 valence electrons. The number of methoxy groups -OCH3 is 1. The molecule has 2 aromatic rings. The number of hydrogen-bond donors (Lipinski definition) is 2. The molecule has 0 atom stereocenters. The molecule has 2 rings (SSSR count). The smallest absolute Gasteiger partial charge is 0.202 e. The Kier molecular flexibility index (Phi) is 5.84. The number of hydrogen-bond acceptors (Lipinski definition) is 6. The van der Waals surface area contributed by atoms with Gasteiger partial charge in [-0.25, -0.2) is 14.0 Å². The van der Waals surface area contributed by atoms with Crippen LogP contribution in [-0.4, -0.2) is 36.4 Å². The highest BCUT2D eigenvalue weighted by molar-refractivity contribution is 9.10. The Morgan fingerprint density at radius 2 is 2.32 bits per heavy atom. The van der Waals surface area contributed by atoms with E-state index in [9.17, 15) is 4.39 Å². The van der Waals surface area contributed by atoms with Crippen molar-refractivity contribution < 1.29 is 13.8 Å². The molecular formula is C13H15BrFN5O2. The second-order valence-electron chi connectivity index (χ2n) is 4.33. The Balaban J connectivity index is 2.11. The monoisotopic (exact) mass is 371 g/mol. The molecule has 1 aromatic heterocycles. The number of benzene rings is 1. The fraction of sp³-hybridized carbons (Fsp3) is 0.308. The van der Waals surface area contributed by atoms with E-state index < -0.39 is 0 Å². The van der Waals surface area contributed by atoms with Crippen LogP contribution >= 0.6 is 15.9 Å². The van der Waals surface area contributed by atoms with Gasteiger partial charge in [-0.15, -0.1) is 0 Å². The molecule has 0 aliphatic carbocycles. The summed E-state index contributed by atoms with van der Waals surface area (Å²) in [6.07, 6.45) is 0.796. The van der Waals surface area contributed by atoms with E-state index >= 15 is 0 Å². The summed E-state index contributed by atoms with van der Waals surface area (Å²) in [7, 11) is 1.63. The van der Waals surface area contributed by atoms with Gasteiger partial charge in [0.05, 0.1) is 10.2 Å². The number of aliphatic imine (C=N–C) groups is 1. The van der Waals surface area contributed by atoms with E-state index in [2.05, 4.69) is 41.2 Å². The Morgan fingerprint density at radius 3 is 3.05 bits per heavy atom. The van der Waals surface area contributed by atoms with Gasteiger partial charge in [0.25, 0.3) is 0 Å². The first-order valence-corrected chi connectivity index (χ1v) is 7.26. The molecule has 9 heteroatoms. The van der Waals surface area contributed by atoms with Crippen LogP contribution in [0.1, 0.15) is 12.1 Å². The molecule has 7 nitrogen and oxygen atoms in total. The normalized spacial score (nSPS) is 11.7. The highest BCUT2D eigenvalue weighted by Crippen LogP contribution is 2.22. The lowest BCUT2D eigenvalue weighted by atomic mass is 10.3. The van der Waals surface area contributed by atoms with Crippen molar-refractivity contribution in [3.05, 3.63) is 34.2 Å². The van der Waals surface area contributed by atoms with E-state index in [4.69, 9.17) is 10.5 Å². The van der Waals surface area contributed by atoms with Crippen LogP contribution in [0.25, 0.3) is 0 Å². The van der Waals surface area contributed by atoms with Gasteiger partial charge in [0.15, 0.2) is 11.5 Å². The summed E-state index contributed by atoms with van der Waals surface area (Å²) in [5.41, 5.74) is 6.69. The minimum atomic E-state index is -0.374. The van der Waals surface area contributed by atoms with Crippen molar-refractivity contribution in [3.63, 3.8) is 0 Å². The van der Waals surface area contributed by atoms with E-state index in [1.54, 1.807) is 7.11 Å². The van der Waals surface area contributed by atoms with Gasteiger partial charge in [-0.05, 0) is 50.9 Å². The van der Waals surface area contributed by atoms with Crippen molar-refractivity contribution in [2.45, 2.75) is 6.42 Å². The molecule has 0 unspecified atom stereocenters.